The average molecular weight is 353 g/mol. The molecule has 0 saturated heterocycles. The fraction of sp³-hybridized carbons (Fsp3) is 0.400. The highest BCUT2D eigenvalue weighted by Crippen LogP contribution is 2.58. The zero-order valence-electron chi connectivity index (χ0n) is 14.7. The molecule has 2 aromatic rings. The Morgan fingerprint density at radius 3 is 3.04 bits per heavy atom. The van der Waals surface area contributed by atoms with Crippen molar-refractivity contribution in [1.82, 2.24) is 4.68 Å². The zero-order chi connectivity index (χ0) is 17.4. The number of fused-ring (bicyclic) bond motifs is 1. The SMILES string of the molecule is C=CCN=c1scc(-c2ccco2)n1/N=C\C1=CC[C@H]2C[C@@H]1C2(C)C. The summed E-state index contributed by atoms with van der Waals surface area (Å²) in [5, 5.41) is 6.82. The maximum atomic E-state index is 5.57. The minimum Gasteiger partial charge on any atom is -0.463 e. The smallest absolute Gasteiger partial charge is 0.206 e. The second kappa shape index (κ2) is 6.30. The number of aromatic nitrogens is 1. The quantitative estimate of drug-likeness (QED) is 0.566. The van der Waals surface area contributed by atoms with Gasteiger partial charge < -0.3 is 4.42 Å². The predicted octanol–water partition coefficient (Wildman–Crippen LogP) is 4.72. The van der Waals surface area contributed by atoms with Crippen LogP contribution in [0, 0.1) is 17.3 Å². The van der Waals surface area contributed by atoms with Crippen LogP contribution in [0.4, 0.5) is 0 Å². The van der Waals surface area contributed by atoms with Gasteiger partial charge in [-0.05, 0) is 47.8 Å². The molecule has 0 amide bonds. The molecule has 2 atom stereocenters. The topological polar surface area (TPSA) is 42.8 Å². The Morgan fingerprint density at radius 2 is 2.36 bits per heavy atom. The van der Waals surface area contributed by atoms with Crippen molar-refractivity contribution in [2.45, 2.75) is 26.7 Å². The van der Waals surface area contributed by atoms with Crippen LogP contribution in [-0.4, -0.2) is 17.4 Å². The van der Waals surface area contributed by atoms with E-state index in [1.54, 1.807) is 23.7 Å². The van der Waals surface area contributed by atoms with E-state index in [4.69, 9.17) is 9.52 Å². The number of hydrogen-bond donors (Lipinski definition) is 0. The highest BCUT2D eigenvalue weighted by atomic mass is 32.1. The van der Waals surface area contributed by atoms with E-state index in [1.807, 2.05) is 28.4 Å². The third-order valence-corrected chi connectivity index (χ3v) is 6.50. The average Bonchev–Trinajstić information content (AvgIpc) is 3.27. The zero-order valence-corrected chi connectivity index (χ0v) is 15.5. The molecule has 5 rings (SSSR count). The largest absolute Gasteiger partial charge is 0.463 e. The van der Waals surface area contributed by atoms with Crippen LogP contribution in [0.25, 0.3) is 11.5 Å². The molecule has 5 heteroatoms. The second-order valence-electron chi connectivity index (χ2n) is 7.31. The number of allylic oxidation sites excluding steroid dienone is 2. The Kier molecular flexibility index (Phi) is 4.12. The Hall–Kier alpha value is -2.14. The molecular formula is C20H23N3OS. The van der Waals surface area contributed by atoms with Crippen molar-refractivity contribution >= 4 is 17.6 Å². The van der Waals surface area contributed by atoms with Crippen LogP contribution in [0.2, 0.25) is 0 Å². The molecule has 1 fully saturated rings. The number of nitrogens with zero attached hydrogens (tertiary/aromatic N) is 3. The molecule has 0 aromatic carbocycles. The molecular weight excluding hydrogens is 330 g/mol. The lowest BCUT2D eigenvalue weighted by molar-refractivity contribution is -0.00126. The summed E-state index contributed by atoms with van der Waals surface area (Å²) in [6.45, 7) is 9.08. The van der Waals surface area contributed by atoms with E-state index in [0.717, 1.165) is 28.6 Å². The predicted molar refractivity (Wildman–Crippen MR) is 103 cm³/mol. The lowest BCUT2D eigenvalue weighted by Gasteiger charge is -2.55. The lowest BCUT2D eigenvalue weighted by atomic mass is 9.49. The monoisotopic (exact) mass is 353 g/mol. The molecule has 0 N–H and O–H groups in total. The summed E-state index contributed by atoms with van der Waals surface area (Å²) in [4.78, 5) is 5.42. The van der Waals surface area contributed by atoms with Crippen LogP contribution in [0.5, 0.6) is 0 Å². The molecule has 0 spiro atoms. The summed E-state index contributed by atoms with van der Waals surface area (Å²) in [6, 6.07) is 3.84. The van der Waals surface area contributed by atoms with Crippen LogP contribution in [0.15, 0.2) is 62.6 Å². The van der Waals surface area contributed by atoms with Gasteiger partial charge in [0.1, 0.15) is 5.69 Å². The molecule has 4 nitrogen and oxygen atoms in total. The minimum absolute atomic E-state index is 0.398. The molecule has 130 valence electrons. The highest BCUT2D eigenvalue weighted by Gasteiger charge is 2.50. The van der Waals surface area contributed by atoms with Gasteiger partial charge >= 0.3 is 0 Å². The van der Waals surface area contributed by atoms with E-state index in [-0.39, 0.29) is 0 Å². The lowest BCUT2D eigenvalue weighted by Crippen LogP contribution is -2.48. The second-order valence-corrected chi connectivity index (χ2v) is 8.15. The minimum atomic E-state index is 0.398. The van der Waals surface area contributed by atoms with Gasteiger partial charge in [-0.2, -0.15) is 5.10 Å². The first kappa shape index (κ1) is 16.3. The Morgan fingerprint density at radius 1 is 1.48 bits per heavy atom. The molecule has 1 saturated carbocycles. The first-order valence-corrected chi connectivity index (χ1v) is 9.59. The van der Waals surface area contributed by atoms with Gasteiger partial charge in [-0.15, -0.1) is 17.9 Å². The molecule has 0 aliphatic heterocycles. The molecule has 2 bridgehead atoms. The molecule has 0 unspecified atom stereocenters. The van der Waals surface area contributed by atoms with Crippen molar-refractivity contribution in [1.29, 1.82) is 0 Å². The van der Waals surface area contributed by atoms with Crippen molar-refractivity contribution in [3.8, 4) is 11.5 Å². The molecule has 2 aromatic heterocycles. The van der Waals surface area contributed by atoms with Crippen molar-refractivity contribution < 1.29 is 4.42 Å². The van der Waals surface area contributed by atoms with Crippen LogP contribution >= 0.6 is 11.3 Å². The third-order valence-electron chi connectivity index (χ3n) is 5.65. The molecule has 0 radical (unpaired) electrons. The van der Waals surface area contributed by atoms with Gasteiger partial charge in [0.2, 0.25) is 4.80 Å². The number of rotatable bonds is 5. The Labute approximate surface area is 151 Å². The van der Waals surface area contributed by atoms with Gasteiger partial charge in [-0.1, -0.05) is 26.0 Å². The number of hydrogen-bond acceptors (Lipinski definition) is 4. The summed E-state index contributed by atoms with van der Waals surface area (Å²) in [5.74, 6) is 2.25. The van der Waals surface area contributed by atoms with Crippen molar-refractivity contribution in [3.05, 3.63) is 52.9 Å². The fourth-order valence-electron chi connectivity index (χ4n) is 3.93. The van der Waals surface area contributed by atoms with Gasteiger partial charge in [0.05, 0.1) is 19.0 Å². The maximum Gasteiger partial charge on any atom is 0.206 e. The summed E-state index contributed by atoms with van der Waals surface area (Å²) < 4.78 is 7.45. The van der Waals surface area contributed by atoms with E-state index in [0.29, 0.717) is 17.9 Å². The molecule has 3 aliphatic rings. The standard InChI is InChI=1S/C20H23N3OS/c1-4-9-21-19-23(17(13-25-19)18-6-5-10-24-18)22-12-14-7-8-15-11-16(14)20(15,2)3/h4-7,10,12-13,15-16H,1,8-9,11H2,2-3H3/b21-19?,22-12-/t15-,16-/m0/s1. The maximum absolute atomic E-state index is 5.57. The summed E-state index contributed by atoms with van der Waals surface area (Å²) >= 11 is 1.57. The normalized spacial score (nSPS) is 25.0. The third kappa shape index (κ3) is 2.76. The van der Waals surface area contributed by atoms with Crippen molar-refractivity contribution in [2.24, 2.45) is 27.3 Å². The fourth-order valence-corrected chi connectivity index (χ4v) is 4.75. The van der Waals surface area contributed by atoms with Crippen LogP contribution < -0.4 is 4.80 Å². The molecule has 3 aliphatic carbocycles. The van der Waals surface area contributed by atoms with Gasteiger partial charge in [0.15, 0.2) is 5.76 Å². The van der Waals surface area contributed by atoms with Crippen LogP contribution in [0.1, 0.15) is 26.7 Å². The first-order chi connectivity index (χ1) is 12.1. The Bertz CT molecular complexity index is 896. The van der Waals surface area contributed by atoms with E-state index in [2.05, 4.69) is 31.5 Å². The van der Waals surface area contributed by atoms with Gasteiger partial charge in [0, 0.05) is 5.38 Å². The van der Waals surface area contributed by atoms with E-state index >= 15 is 0 Å². The summed E-state index contributed by atoms with van der Waals surface area (Å²) in [6.07, 6.45) is 10.3. The number of thiazole rings is 1. The van der Waals surface area contributed by atoms with Gasteiger partial charge in [0.25, 0.3) is 0 Å². The van der Waals surface area contributed by atoms with Crippen LogP contribution in [0.3, 0.4) is 0 Å². The van der Waals surface area contributed by atoms with Gasteiger partial charge in [-0.3, -0.25) is 4.99 Å². The Balaban J connectivity index is 1.71. The van der Waals surface area contributed by atoms with Crippen molar-refractivity contribution in [3.63, 3.8) is 0 Å². The summed E-state index contributed by atoms with van der Waals surface area (Å²) in [5.41, 5.74) is 2.68. The van der Waals surface area contributed by atoms with Gasteiger partial charge in [-0.25, -0.2) is 4.68 Å². The summed E-state index contributed by atoms with van der Waals surface area (Å²) in [7, 11) is 0. The highest BCUT2D eigenvalue weighted by molar-refractivity contribution is 7.07. The van der Waals surface area contributed by atoms with E-state index in [9.17, 15) is 0 Å². The molecule has 25 heavy (non-hydrogen) atoms. The van der Waals surface area contributed by atoms with E-state index in [1.165, 1.54) is 12.0 Å². The van der Waals surface area contributed by atoms with Crippen molar-refractivity contribution in [2.75, 3.05) is 6.54 Å². The van der Waals surface area contributed by atoms with E-state index < -0.39 is 0 Å². The van der Waals surface area contributed by atoms with Crippen LogP contribution in [-0.2, 0) is 0 Å². The first-order valence-electron chi connectivity index (χ1n) is 8.71. The number of furan rings is 1. The molecule has 2 heterocycles.